The molecular weight excluding hydrogens is 826 g/mol. The molecule has 2 aromatic carbocycles. The maximum absolute atomic E-state index is 13.3. The standard InChI is InChI=1S/C32H48N6O2.2ClHO4.2Cu/c1-25-17-27-21-35-7-3-4-8-36-22-28-18-26(2)20-30(32(28)40)24-38-14-6-10-33-11-15-37(13-5-9-34-12-16-38)23-29(19-25)31(27)39;2*2-1(3,4)5;;/h17-22,33-34,39-40H,3-16,23-24H2,1-2H3;2*(H,2,3,4,5);;/q;;;2*+2/p-4. The molecule has 2 unspecified atom stereocenters. The van der Waals surface area contributed by atoms with E-state index in [1.54, 1.807) is 12.4 Å². The Balaban J connectivity index is 0.00000191. The van der Waals surface area contributed by atoms with Crippen molar-refractivity contribution in [1.29, 1.82) is 0 Å². The van der Waals surface area contributed by atoms with Gasteiger partial charge < -0.3 is 20.8 Å². The Bertz CT molecular complexity index is 1240. The molecule has 1 fully saturated rings. The quantitative estimate of drug-likeness (QED) is 0.233. The van der Waals surface area contributed by atoms with Crippen LogP contribution in [-0.4, -0.2) is 87.7 Å². The number of rotatable bonds is 0. The summed E-state index contributed by atoms with van der Waals surface area (Å²) in [5, 5.41) is 33.8. The van der Waals surface area contributed by atoms with Crippen molar-refractivity contribution in [3.05, 3.63) is 57.6 Å². The van der Waals surface area contributed by atoms with Crippen LogP contribution in [0.5, 0.6) is 11.5 Å². The van der Waals surface area contributed by atoms with Gasteiger partial charge in [-0.3, -0.25) is 19.8 Å². The summed E-state index contributed by atoms with van der Waals surface area (Å²) >= 11 is 0. The molecule has 2 aromatic rings. The van der Waals surface area contributed by atoms with Gasteiger partial charge in [-0.15, -0.1) is 20.5 Å². The van der Waals surface area contributed by atoms with Crippen LogP contribution in [0, 0.1) is 34.3 Å². The zero-order chi connectivity index (χ0) is 37.2. The first-order valence-corrected chi connectivity index (χ1v) is 18.7. The fourth-order valence-corrected chi connectivity index (χ4v) is 5.52. The zero-order valence-corrected chi connectivity index (χ0v) is 32.4. The molecule has 2 radical (unpaired) electrons. The summed E-state index contributed by atoms with van der Waals surface area (Å²) < 4.78 is 67.9. The predicted molar refractivity (Wildman–Crippen MR) is 161 cm³/mol. The van der Waals surface area contributed by atoms with E-state index in [1.165, 1.54) is 0 Å². The Labute approximate surface area is 330 Å². The van der Waals surface area contributed by atoms with Gasteiger partial charge in [0.05, 0.1) is 0 Å². The molecule has 3 aliphatic heterocycles. The minimum absolute atomic E-state index is 0. The van der Waals surface area contributed by atoms with Crippen molar-refractivity contribution in [3.8, 4) is 11.5 Å². The summed E-state index contributed by atoms with van der Waals surface area (Å²) in [7, 11) is -9.89. The van der Waals surface area contributed by atoms with E-state index in [2.05, 4.69) is 44.3 Å². The maximum atomic E-state index is 13.3. The molecule has 20 heteroatoms. The van der Waals surface area contributed by atoms with E-state index in [0.717, 1.165) is 100 Å². The van der Waals surface area contributed by atoms with Gasteiger partial charge in [-0.25, -0.2) is 37.3 Å². The van der Waals surface area contributed by atoms with E-state index in [-0.39, 0.29) is 45.6 Å². The fraction of sp³-hybridized carbons (Fsp3) is 0.562. The van der Waals surface area contributed by atoms with Crippen molar-refractivity contribution >= 4 is 12.4 Å². The summed E-state index contributed by atoms with van der Waals surface area (Å²) in [5.74, 6) is 0.176. The van der Waals surface area contributed by atoms with E-state index >= 15 is 0 Å². The van der Waals surface area contributed by atoms with Crippen LogP contribution in [-0.2, 0) is 47.2 Å². The van der Waals surface area contributed by atoms with Crippen molar-refractivity contribution in [3.63, 3.8) is 0 Å². The van der Waals surface area contributed by atoms with Crippen molar-refractivity contribution in [2.45, 2.75) is 52.6 Å². The van der Waals surface area contributed by atoms with Gasteiger partial charge in [0, 0.05) is 64.8 Å². The van der Waals surface area contributed by atoms with Crippen molar-refractivity contribution in [1.82, 2.24) is 20.4 Å². The van der Waals surface area contributed by atoms with Crippen molar-refractivity contribution < 1.29 is 102 Å². The van der Waals surface area contributed by atoms with E-state index in [4.69, 9.17) is 37.3 Å². The average molecular weight is 873 g/mol. The number of aryl methyl sites for hydroxylation is 2. The number of benzene rings is 2. The molecular formula is C32H46Cl2Cu2N6O10. The first-order chi connectivity index (χ1) is 23.5. The van der Waals surface area contributed by atoms with Gasteiger partial charge in [0.2, 0.25) is 0 Å². The van der Waals surface area contributed by atoms with Crippen molar-refractivity contribution in [2.75, 3.05) is 65.4 Å². The topological polar surface area (TPSA) is 286 Å². The zero-order valence-electron chi connectivity index (χ0n) is 29.0. The van der Waals surface area contributed by atoms with E-state index in [0.29, 0.717) is 37.3 Å². The van der Waals surface area contributed by atoms with Crippen LogP contribution in [0.15, 0.2) is 34.3 Å². The summed E-state index contributed by atoms with van der Waals surface area (Å²) in [6.45, 7) is 14.0. The van der Waals surface area contributed by atoms with E-state index in [1.807, 2.05) is 24.3 Å². The number of hydrogen-bond donors (Lipinski definition) is 2. The summed E-state index contributed by atoms with van der Waals surface area (Å²) in [6, 6.07) is 7.96. The van der Waals surface area contributed by atoms with Crippen LogP contribution in [0.2, 0.25) is 0 Å². The maximum Gasteiger partial charge on any atom is 2.00 e. The van der Waals surface area contributed by atoms with E-state index < -0.39 is 20.5 Å². The number of fused-ring (bicyclic) bond motifs is 15. The van der Waals surface area contributed by atoms with Gasteiger partial charge in [-0.05, 0) is 88.0 Å². The second-order valence-corrected chi connectivity index (χ2v) is 13.5. The Hall–Kier alpha value is -1.48. The number of halogens is 2. The molecule has 300 valence electrons. The van der Waals surface area contributed by atoms with Crippen LogP contribution in [0.1, 0.15) is 59.1 Å². The molecule has 0 aliphatic carbocycles. The second kappa shape index (κ2) is 26.3. The minimum atomic E-state index is -4.94. The van der Waals surface area contributed by atoms with Crippen LogP contribution in [0.25, 0.3) is 0 Å². The Morgan fingerprint density at radius 1 is 0.538 bits per heavy atom. The van der Waals surface area contributed by atoms with Gasteiger partial charge >= 0.3 is 34.1 Å². The molecule has 0 spiro atoms. The number of hydrogen-bond acceptors (Lipinski definition) is 16. The van der Waals surface area contributed by atoms with Gasteiger partial charge in [-0.2, -0.15) is 0 Å². The van der Waals surface area contributed by atoms with Crippen LogP contribution >= 0.6 is 0 Å². The third kappa shape index (κ3) is 24.0. The molecule has 5 rings (SSSR count). The number of nitrogens with zero attached hydrogens (tertiary/aromatic N) is 4. The molecule has 0 amide bonds. The third-order valence-electron chi connectivity index (χ3n) is 7.62. The second-order valence-electron chi connectivity index (χ2n) is 12.0. The smallest absolute Gasteiger partial charge is 0.872 e. The number of aliphatic imine (C=N–C) groups is 2. The van der Waals surface area contributed by atoms with Gasteiger partial charge in [0.15, 0.2) is 0 Å². The van der Waals surface area contributed by atoms with Gasteiger partial charge in [0.1, 0.15) is 0 Å². The molecule has 52 heavy (non-hydrogen) atoms. The number of nitrogens with one attached hydrogen (secondary N) is 2. The molecule has 3 aliphatic rings. The SMILES string of the molecule is Cc1cc2c([O-])c(c1)CN1CCCNCCN(CCCNCC1)Cc1cc(C)cc(c1[O-])C=NCCCCN=C2.[Cu+2].[Cu+2].[O-][Cl+3]([O-])([O-])[O-].[O-][Cl+3]([O-])([O-])[O-]. The molecule has 2 N–H and O–H groups in total. The molecule has 16 nitrogen and oxygen atoms in total. The average Bonchev–Trinajstić information content (AvgIpc) is 2.99. The predicted octanol–water partition coefficient (Wildman–Crippen LogP) is -7.16. The Kier molecular flexibility index (Phi) is 25.6. The molecule has 3 heterocycles. The van der Waals surface area contributed by atoms with Crippen molar-refractivity contribution in [2.24, 2.45) is 9.98 Å². The van der Waals surface area contributed by atoms with Crippen LogP contribution in [0.4, 0.5) is 0 Å². The Morgan fingerprint density at radius 3 is 1.23 bits per heavy atom. The monoisotopic (exact) mass is 870 g/mol. The molecule has 0 saturated carbocycles. The minimum Gasteiger partial charge on any atom is -0.872 e. The summed E-state index contributed by atoms with van der Waals surface area (Å²) in [6.07, 6.45) is 7.28. The summed E-state index contributed by atoms with van der Waals surface area (Å²) in [4.78, 5) is 13.9. The van der Waals surface area contributed by atoms with Crippen LogP contribution < -0.4 is 58.1 Å². The normalized spacial score (nSPS) is 19.6. The van der Waals surface area contributed by atoms with Gasteiger partial charge in [-0.1, -0.05) is 46.9 Å². The molecule has 0 aromatic heterocycles. The Morgan fingerprint density at radius 2 is 0.885 bits per heavy atom. The molecule has 6 bridgehead atoms. The van der Waals surface area contributed by atoms with Crippen LogP contribution in [0.3, 0.4) is 0 Å². The largest absolute Gasteiger partial charge is 2.00 e. The first kappa shape index (κ1) is 50.5. The molecule has 1 saturated heterocycles. The van der Waals surface area contributed by atoms with Gasteiger partial charge in [0.25, 0.3) is 0 Å². The third-order valence-corrected chi connectivity index (χ3v) is 7.62. The molecule has 2 atom stereocenters. The summed E-state index contributed by atoms with van der Waals surface area (Å²) in [5.41, 5.74) is 5.24. The first-order valence-electron chi connectivity index (χ1n) is 16.2. The fourth-order valence-electron chi connectivity index (χ4n) is 5.52. The van der Waals surface area contributed by atoms with E-state index in [9.17, 15) is 10.2 Å².